The van der Waals surface area contributed by atoms with Crippen molar-refractivity contribution >= 4 is 21.8 Å². The highest BCUT2D eigenvalue weighted by atomic mass is 79.9. The van der Waals surface area contributed by atoms with E-state index in [2.05, 4.69) is 21.2 Å². The zero-order valence-electron chi connectivity index (χ0n) is 11.0. The van der Waals surface area contributed by atoms with Crippen molar-refractivity contribution < 1.29 is 13.6 Å². The van der Waals surface area contributed by atoms with E-state index in [1.165, 1.54) is 12.1 Å². The van der Waals surface area contributed by atoms with Crippen LogP contribution in [0.25, 0.3) is 0 Å². The van der Waals surface area contributed by atoms with Gasteiger partial charge < -0.3 is 9.88 Å². The largest absolute Gasteiger partial charge is 0.345 e. The number of hydrogen-bond donors (Lipinski definition) is 1. The Morgan fingerprint density at radius 3 is 2.60 bits per heavy atom. The summed E-state index contributed by atoms with van der Waals surface area (Å²) in [6.45, 7) is 1.65. The Balaban J connectivity index is 2.17. The van der Waals surface area contributed by atoms with Crippen molar-refractivity contribution in [3.63, 3.8) is 0 Å². The lowest BCUT2D eigenvalue weighted by Crippen LogP contribution is -2.28. The molecule has 0 bridgehead atoms. The molecule has 0 saturated carbocycles. The van der Waals surface area contributed by atoms with Gasteiger partial charge in [0.05, 0.1) is 6.04 Å². The number of carbonyl (C=O) groups is 1. The zero-order valence-corrected chi connectivity index (χ0v) is 12.5. The molecule has 0 saturated heterocycles. The fourth-order valence-corrected chi connectivity index (χ4v) is 2.47. The highest BCUT2D eigenvalue weighted by molar-refractivity contribution is 9.10. The van der Waals surface area contributed by atoms with Crippen LogP contribution in [0.3, 0.4) is 0 Å². The van der Waals surface area contributed by atoms with Crippen LogP contribution in [0, 0.1) is 11.6 Å². The molecule has 0 radical (unpaired) electrons. The fraction of sp³-hybridized carbons (Fsp3) is 0.214. The summed E-state index contributed by atoms with van der Waals surface area (Å²) in [5, 5.41) is 2.68. The second-order valence-electron chi connectivity index (χ2n) is 4.52. The zero-order chi connectivity index (χ0) is 14.9. The van der Waals surface area contributed by atoms with Crippen LogP contribution in [0.15, 0.2) is 34.9 Å². The molecule has 1 amide bonds. The molecule has 6 heteroatoms. The number of benzene rings is 1. The summed E-state index contributed by atoms with van der Waals surface area (Å²) in [4.78, 5) is 12.1. The Bertz CT molecular complexity index is 655. The summed E-state index contributed by atoms with van der Waals surface area (Å²) in [6, 6.07) is 4.41. The average molecular weight is 343 g/mol. The highest BCUT2D eigenvalue weighted by Crippen LogP contribution is 2.19. The Hall–Kier alpha value is -1.69. The predicted molar refractivity (Wildman–Crippen MR) is 75.4 cm³/mol. The van der Waals surface area contributed by atoms with E-state index in [1.54, 1.807) is 30.8 Å². The van der Waals surface area contributed by atoms with Crippen molar-refractivity contribution in [2.24, 2.45) is 7.05 Å². The van der Waals surface area contributed by atoms with Crippen LogP contribution in [0.5, 0.6) is 0 Å². The number of nitrogens with one attached hydrogen (secondary N) is 1. The first-order chi connectivity index (χ1) is 9.38. The van der Waals surface area contributed by atoms with Crippen molar-refractivity contribution in [1.82, 2.24) is 9.88 Å². The van der Waals surface area contributed by atoms with Crippen molar-refractivity contribution in [2.45, 2.75) is 13.0 Å². The normalized spacial score (nSPS) is 12.2. The van der Waals surface area contributed by atoms with Crippen LogP contribution in [0.1, 0.15) is 29.0 Å². The molecule has 106 valence electrons. The third-order valence-corrected chi connectivity index (χ3v) is 3.41. The van der Waals surface area contributed by atoms with Gasteiger partial charge in [-0.1, -0.05) is 6.07 Å². The number of halogens is 3. The summed E-state index contributed by atoms with van der Waals surface area (Å²) >= 11 is 3.28. The van der Waals surface area contributed by atoms with E-state index >= 15 is 0 Å². The number of amides is 1. The molecule has 0 aliphatic rings. The number of rotatable bonds is 3. The first-order valence-corrected chi connectivity index (χ1v) is 6.75. The number of nitrogens with zero attached hydrogens (tertiary/aromatic N) is 1. The lowest BCUT2D eigenvalue weighted by molar-refractivity contribution is 0.0931. The SMILES string of the molecule is CC(NC(=O)c1cc(Br)cn1C)c1ccc(F)cc1F. The molecule has 2 aromatic rings. The molecular formula is C14H13BrF2N2O. The molecule has 1 heterocycles. The molecule has 2 rings (SSSR count). The molecular weight excluding hydrogens is 330 g/mol. The summed E-state index contributed by atoms with van der Waals surface area (Å²) < 4.78 is 28.9. The van der Waals surface area contributed by atoms with Crippen molar-refractivity contribution in [2.75, 3.05) is 0 Å². The quantitative estimate of drug-likeness (QED) is 0.909. The average Bonchev–Trinajstić information content (AvgIpc) is 2.68. The first kappa shape index (κ1) is 14.7. The van der Waals surface area contributed by atoms with Gasteiger partial charge in [0, 0.05) is 29.3 Å². The fourth-order valence-electron chi connectivity index (χ4n) is 1.95. The van der Waals surface area contributed by atoms with Gasteiger partial charge in [-0.15, -0.1) is 0 Å². The predicted octanol–water partition coefficient (Wildman–Crippen LogP) is 3.56. The van der Waals surface area contributed by atoms with Gasteiger partial charge in [0.25, 0.3) is 5.91 Å². The van der Waals surface area contributed by atoms with Crippen LogP contribution >= 0.6 is 15.9 Å². The van der Waals surface area contributed by atoms with E-state index in [4.69, 9.17) is 0 Å². The summed E-state index contributed by atoms with van der Waals surface area (Å²) in [6.07, 6.45) is 1.75. The maximum absolute atomic E-state index is 13.6. The van der Waals surface area contributed by atoms with Crippen LogP contribution in [-0.4, -0.2) is 10.5 Å². The lowest BCUT2D eigenvalue weighted by atomic mass is 10.1. The van der Waals surface area contributed by atoms with Gasteiger partial charge in [0.15, 0.2) is 0 Å². The number of hydrogen-bond acceptors (Lipinski definition) is 1. The minimum Gasteiger partial charge on any atom is -0.345 e. The Kier molecular flexibility index (Phi) is 4.23. The van der Waals surface area contributed by atoms with Crippen LogP contribution < -0.4 is 5.32 Å². The smallest absolute Gasteiger partial charge is 0.268 e. The van der Waals surface area contributed by atoms with Gasteiger partial charge in [0.2, 0.25) is 0 Å². The van der Waals surface area contributed by atoms with Crippen molar-refractivity contribution in [3.8, 4) is 0 Å². The molecule has 1 atom stereocenters. The first-order valence-electron chi connectivity index (χ1n) is 5.96. The minimum atomic E-state index is -0.675. The molecule has 0 aliphatic heterocycles. The lowest BCUT2D eigenvalue weighted by Gasteiger charge is -2.15. The number of aryl methyl sites for hydroxylation is 1. The third kappa shape index (κ3) is 3.07. The van der Waals surface area contributed by atoms with Crippen molar-refractivity contribution in [3.05, 3.63) is 57.8 Å². The molecule has 0 fully saturated rings. The second kappa shape index (κ2) is 5.75. The van der Waals surface area contributed by atoms with E-state index in [1.807, 2.05) is 0 Å². The molecule has 1 N–H and O–H groups in total. The maximum atomic E-state index is 13.6. The van der Waals surface area contributed by atoms with Gasteiger partial charge in [-0.2, -0.15) is 0 Å². The Morgan fingerprint density at radius 1 is 1.35 bits per heavy atom. The Labute approximate surface area is 123 Å². The summed E-state index contributed by atoms with van der Waals surface area (Å²) in [7, 11) is 1.74. The molecule has 20 heavy (non-hydrogen) atoms. The number of carbonyl (C=O) groups excluding carboxylic acids is 1. The van der Waals surface area contributed by atoms with Gasteiger partial charge in [-0.05, 0) is 35.0 Å². The Morgan fingerprint density at radius 2 is 2.05 bits per heavy atom. The van der Waals surface area contributed by atoms with E-state index < -0.39 is 17.7 Å². The summed E-state index contributed by atoms with van der Waals surface area (Å²) in [5.74, 6) is -1.64. The van der Waals surface area contributed by atoms with E-state index in [9.17, 15) is 13.6 Å². The topological polar surface area (TPSA) is 34.0 Å². The van der Waals surface area contributed by atoms with Crippen LogP contribution in [0.4, 0.5) is 8.78 Å². The second-order valence-corrected chi connectivity index (χ2v) is 5.43. The molecule has 0 aliphatic carbocycles. The third-order valence-electron chi connectivity index (χ3n) is 2.98. The van der Waals surface area contributed by atoms with Crippen molar-refractivity contribution in [1.29, 1.82) is 0 Å². The number of aromatic nitrogens is 1. The molecule has 1 unspecified atom stereocenters. The maximum Gasteiger partial charge on any atom is 0.268 e. The molecule has 1 aromatic heterocycles. The van der Waals surface area contributed by atoms with E-state index in [0.29, 0.717) is 5.69 Å². The van der Waals surface area contributed by atoms with E-state index in [0.717, 1.165) is 10.5 Å². The monoisotopic (exact) mass is 342 g/mol. The van der Waals surface area contributed by atoms with Gasteiger partial charge in [-0.3, -0.25) is 4.79 Å². The molecule has 0 spiro atoms. The van der Waals surface area contributed by atoms with Crippen LogP contribution in [0.2, 0.25) is 0 Å². The van der Waals surface area contributed by atoms with Gasteiger partial charge in [0.1, 0.15) is 17.3 Å². The van der Waals surface area contributed by atoms with E-state index in [-0.39, 0.29) is 11.5 Å². The highest BCUT2D eigenvalue weighted by Gasteiger charge is 2.17. The van der Waals surface area contributed by atoms with Gasteiger partial charge in [-0.25, -0.2) is 8.78 Å². The standard InChI is InChI=1S/C14H13BrF2N2O/c1-8(11-4-3-10(16)6-12(11)17)18-14(20)13-5-9(15)7-19(13)2/h3-8H,1-2H3,(H,18,20). The minimum absolute atomic E-state index is 0.244. The molecule has 1 aromatic carbocycles. The molecule has 3 nitrogen and oxygen atoms in total. The van der Waals surface area contributed by atoms with Crippen LogP contribution in [-0.2, 0) is 7.05 Å². The summed E-state index contributed by atoms with van der Waals surface area (Å²) in [5.41, 5.74) is 0.694. The van der Waals surface area contributed by atoms with Gasteiger partial charge >= 0.3 is 0 Å².